The highest BCUT2D eigenvalue weighted by atomic mass is 16.5. The monoisotopic (exact) mass is 248 g/mol. The van der Waals surface area contributed by atoms with Crippen LogP contribution in [-0.4, -0.2) is 44.1 Å². The number of anilines is 1. The number of ether oxygens (including phenoxy) is 1. The second kappa shape index (κ2) is 6.26. The van der Waals surface area contributed by atoms with Crippen molar-refractivity contribution in [1.29, 1.82) is 0 Å². The van der Waals surface area contributed by atoms with Crippen LogP contribution in [0, 0.1) is 0 Å². The molecule has 0 aliphatic carbocycles. The molecule has 1 aliphatic heterocycles. The highest BCUT2D eigenvalue weighted by Gasteiger charge is 2.11. The van der Waals surface area contributed by atoms with Crippen molar-refractivity contribution in [2.45, 2.75) is 6.42 Å². The van der Waals surface area contributed by atoms with E-state index in [9.17, 15) is 0 Å². The number of likely N-dealkylation sites (tertiary alicyclic amines) is 1. The van der Waals surface area contributed by atoms with Crippen molar-refractivity contribution < 1.29 is 4.74 Å². The Morgan fingerprint density at radius 1 is 1.50 bits per heavy atom. The van der Waals surface area contributed by atoms with Crippen LogP contribution < -0.4 is 15.8 Å². The Balaban J connectivity index is 1.80. The predicted molar refractivity (Wildman–Crippen MR) is 74.2 cm³/mol. The number of rotatable bonds is 5. The van der Waals surface area contributed by atoms with Crippen LogP contribution in [0.15, 0.2) is 29.3 Å². The van der Waals surface area contributed by atoms with E-state index >= 15 is 0 Å². The second-order valence-electron chi connectivity index (χ2n) is 4.32. The fraction of sp³-hybridized carbons (Fsp3) is 0.462. The zero-order valence-corrected chi connectivity index (χ0v) is 10.7. The lowest BCUT2D eigenvalue weighted by molar-refractivity contribution is 0.187. The Hall–Kier alpha value is -1.75. The van der Waals surface area contributed by atoms with E-state index in [0.29, 0.717) is 5.96 Å². The number of guanidine groups is 1. The van der Waals surface area contributed by atoms with Gasteiger partial charge in [0.2, 0.25) is 0 Å². The SMILES string of the molecule is COc1cccc(NC(N)=NCCN2CCC2)c1. The van der Waals surface area contributed by atoms with E-state index in [-0.39, 0.29) is 0 Å². The molecule has 5 nitrogen and oxygen atoms in total. The van der Waals surface area contributed by atoms with Crippen molar-refractivity contribution >= 4 is 11.6 Å². The minimum absolute atomic E-state index is 0.448. The van der Waals surface area contributed by atoms with Gasteiger partial charge in [-0.3, -0.25) is 4.99 Å². The van der Waals surface area contributed by atoms with Crippen molar-refractivity contribution in [1.82, 2.24) is 4.90 Å². The molecule has 0 bridgehead atoms. The number of nitrogens with one attached hydrogen (secondary N) is 1. The molecule has 5 heteroatoms. The van der Waals surface area contributed by atoms with Crippen LogP contribution in [0.1, 0.15) is 6.42 Å². The second-order valence-corrected chi connectivity index (χ2v) is 4.32. The lowest BCUT2D eigenvalue weighted by Gasteiger charge is -2.29. The van der Waals surface area contributed by atoms with Gasteiger partial charge in [-0.2, -0.15) is 0 Å². The summed E-state index contributed by atoms with van der Waals surface area (Å²) in [6.07, 6.45) is 1.31. The number of nitrogens with zero attached hydrogens (tertiary/aromatic N) is 2. The Morgan fingerprint density at radius 2 is 2.33 bits per heavy atom. The van der Waals surface area contributed by atoms with Crippen LogP contribution in [-0.2, 0) is 0 Å². The van der Waals surface area contributed by atoms with E-state index in [1.54, 1.807) is 7.11 Å². The van der Waals surface area contributed by atoms with Crippen molar-refractivity contribution in [3.05, 3.63) is 24.3 Å². The Kier molecular flexibility index (Phi) is 4.41. The van der Waals surface area contributed by atoms with Gasteiger partial charge >= 0.3 is 0 Å². The average Bonchev–Trinajstić information content (AvgIpc) is 2.32. The molecule has 0 spiro atoms. The van der Waals surface area contributed by atoms with E-state index < -0.39 is 0 Å². The van der Waals surface area contributed by atoms with Gasteiger partial charge in [0, 0.05) is 18.3 Å². The molecule has 1 aromatic carbocycles. The van der Waals surface area contributed by atoms with Crippen LogP contribution in [0.25, 0.3) is 0 Å². The van der Waals surface area contributed by atoms with Crippen molar-refractivity contribution in [3.8, 4) is 5.75 Å². The molecule has 0 atom stereocenters. The van der Waals surface area contributed by atoms with E-state index in [1.807, 2.05) is 24.3 Å². The summed E-state index contributed by atoms with van der Waals surface area (Å²) in [4.78, 5) is 6.66. The zero-order chi connectivity index (χ0) is 12.8. The van der Waals surface area contributed by atoms with Gasteiger partial charge in [-0.15, -0.1) is 0 Å². The van der Waals surface area contributed by atoms with E-state index in [4.69, 9.17) is 10.5 Å². The number of methoxy groups -OCH3 is 1. The average molecular weight is 248 g/mol. The van der Waals surface area contributed by atoms with Crippen molar-refractivity contribution in [3.63, 3.8) is 0 Å². The molecule has 0 radical (unpaired) electrons. The molecule has 0 amide bonds. The van der Waals surface area contributed by atoms with E-state index in [0.717, 1.165) is 24.5 Å². The fourth-order valence-electron chi connectivity index (χ4n) is 1.81. The summed E-state index contributed by atoms with van der Waals surface area (Å²) < 4.78 is 5.14. The summed E-state index contributed by atoms with van der Waals surface area (Å²) in [7, 11) is 1.64. The molecule has 1 heterocycles. The third-order valence-corrected chi connectivity index (χ3v) is 2.99. The maximum absolute atomic E-state index is 5.82. The lowest BCUT2D eigenvalue weighted by Crippen LogP contribution is -2.39. The van der Waals surface area contributed by atoms with Gasteiger partial charge in [0.05, 0.1) is 13.7 Å². The molecule has 1 saturated heterocycles. The van der Waals surface area contributed by atoms with Crippen LogP contribution in [0.5, 0.6) is 5.75 Å². The normalized spacial score (nSPS) is 16.2. The molecular weight excluding hydrogens is 228 g/mol. The number of nitrogens with two attached hydrogens (primary N) is 1. The van der Waals surface area contributed by atoms with Gasteiger partial charge in [-0.1, -0.05) is 6.07 Å². The van der Waals surface area contributed by atoms with Crippen molar-refractivity contribution in [2.24, 2.45) is 10.7 Å². The van der Waals surface area contributed by atoms with E-state index in [1.165, 1.54) is 19.5 Å². The highest BCUT2D eigenvalue weighted by molar-refractivity contribution is 5.92. The molecule has 18 heavy (non-hydrogen) atoms. The molecule has 3 N–H and O–H groups in total. The van der Waals surface area contributed by atoms with E-state index in [2.05, 4.69) is 15.2 Å². The first-order chi connectivity index (χ1) is 8.78. The first-order valence-electron chi connectivity index (χ1n) is 6.21. The lowest BCUT2D eigenvalue weighted by atomic mass is 10.2. The predicted octanol–water partition coefficient (Wildman–Crippen LogP) is 1.13. The molecule has 0 aromatic heterocycles. The number of aliphatic imine (C=N–C) groups is 1. The first kappa shape index (κ1) is 12.7. The molecule has 0 saturated carbocycles. The van der Waals surface area contributed by atoms with Crippen LogP contribution in [0.2, 0.25) is 0 Å². The Bertz CT molecular complexity index is 415. The van der Waals surface area contributed by atoms with Gasteiger partial charge in [0.15, 0.2) is 5.96 Å². The summed E-state index contributed by atoms with van der Waals surface area (Å²) >= 11 is 0. The third-order valence-electron chi connectivity index (χ3n) is 2.99. The summed E-state index contributed by atoms with van der Waals surface area (Å²) in [5.74, 6) is 1.25. The van der Waals surface area contributed by atoms with Crippen molar-refractivity contribution in [2.75, 3.05) is 38.6 Å². The maximum Gasteiger partial charge on any atom is 0.193 e. The summed E-state index contributed by atoms with van der Waals surface area (Å²) in [5.41, 5.74) is 6.71. The minimum atomic E-state index is 0.448. The fourth-order valence-corrected chi connectivity index (χ4v) is 1.81. The smallest absolute Gasteiger partial charge is 0.193 e. The zero-order valence-electron chi connectivity index (χ0n) is 10.7. The molecule has 1 fully saturated rings. The topological polar surface area (TPSA) is 62.9 Å². The van der Waals surface area contributed by atoms with Gasteiger partial charge < -0.3 is 20.7 Å². The molecule has 0 unspecified atom stereocenters. The molecule has 1 aliphatic rings. The summed E-state index contributed by atoms with van der Waals surface area (Å²) in [6, 6.07) is 7.62. The summed E-state index contributed by atoms with van der Waals surface area (Å²) in [6.45, 7) is 4.11. The van der Waals surface area contributed by atoms with Gasteiger partial charge in [-0.25, -0.2) is 0 Å². The third kappa shape index (κ3) is 3.63. The van der Waals surface area contributed by atoms with Crippen LogP contribution in [0.3, 0.4) is 0 Å². The minimum Gasteiger partial charge on any atom is -0.497 e. The quantitative estimate of drug-likeness (QED) is 0.605. The largest absolute Gasteiger partial charge is 0.497 e. The first-order valence-corrected chi connectivity index (χ1v) is 6.21. The highest BCUT2D eigenvalue weighted by Crippen LogP contribution is 2.16. The standard InChI is InChI=1S/C13H20N4O/c1-18-12-5-2-4-11(10-12)16-13(14)15-6-9-17-7-3-8-17/h2,4-5,10H,3,6-9H2,1H3,(H3,14,15,16). The van der Waals surface area contributed by atoms with Gasteiger partial charge in [0.25, 0.3) is 0 Å². The molecular formula is C13H20N4O. The molecule has 1 aromatic rings. The maximum atomic E-state index is 5.82. The summed E-state index contributed by atoms with van der Waals surface area (Å²) in [5, 5.41) is 3.06. The molecule has 2 rings (SSSR count). The number of hydrogen-bond donors (Lipinski definition) is 2. The van der Waals surface area contributed by atoms with Crippen LogP contribution >= 0.6 is 0 Å². The number of hydrogen-bond acceptors (Lipinski definition) is 3. The molecule has 98 valence electrons. The number of benzene rings is 1. The van der Waals surface area contributed by atoms with Crippen LogP contribution in [0.4, 0.5) is 5.69 Å². The van der Waals surface area contributed by atoms with Gasteiger partial charge in [-0.05, 0) is 31.6 Å². The Labute approximate surface area is 108 Å². The Morgan fingerprint density at radius 3 is 3.00 bits per heavy atom. The van der Waals surface area contributed by atoms with Gasteiger partial charge in [0.1, 0.15) is 5.75 Å².